The molecular weight excluding hydrogens is 470 g/mol. The molecule has 1 aliphatic heterocycles. The predicted molar refractivity (Wildman–Crippen MR) is 133 cm³/mol. The van der Waals surface area contributed by atoms with E-state index < -0.39 is 0 Å². The molecule has 3 aromatic rings. The normalized spacial score (nSPS) is 15.2. The number of carbonyl (C=O) groups is 1. The van der Waals surface area contributed by atoms with E-state index in [-0.39, 0.29) is 5.91 Å². The van der Waals surface area contributed by atoms with E-state index in [2.05, 4.69) is 0 Å². The molecule has 2 aromatic carbocycles. The van der Waals surface area contributed by atoms with Gasteiger partial charge in [0.15, 0.2) is 9.41 Å². The molecule has 0 unspecified atom stereocenters. The summed E-state index contributed by atoms with van der Waals surface area (Å²) < 4.78 is 12.0. The van der Waals surface area contributed by atoms with E-state index in [0.29, 0.717) is 33.0 Å². The van der Waals surface area contributed by atoms with Gasteiger partial charge in [0.1, 0.15) is 11.5 Å². The minimum absolute atomic E-state index is 0.186. The zero-order valence-corrected chi connectivity index (χ0v) is 19.7. The number of furan rings is 1. The maximum atomic E-state index is 13.1. The minimum atomic E-state index is -0.186. The van der Waals surface area contributed by atoms with E-state index >= 15 is 0 Å². The summed E-state index contributed by atoms with van der Waals surface area (Å²) in [5.41, 5.74) is 1.80. The number of amides is 1. The Labute approximate surface area is 199 Å². The van der Waals surface area contributed by atoms with Gasteiger partial charge in [0.25, 0.3) is 5.91 Å². The van der Waals surface area contributed by atoms with Gasteiger partial charge in [0.05, 0.1) is 17.2 Å². The third-order valence-corrected chi connectivity index (χ3v) is 6.91. The van der Waals surface area contributed by atoms with E-state index in [1.807, 2.05) is 67.6 Å². The first-order chi connectivity index (χ1) is 15.0. The zero-order valence-electron chi connectivity index (χ0n) is 16.5. The Morgan fingerprint density at radius 1 is 1.16 bits per heavy atom. The molecule has 1 fully saturated rings. The van der Waals surface area contributed by atoms with Crippen LogP contribution < -0.4 is 9.64 Å². The molecule has 0 bridgehead atoms. The minimum Gasteiger partial charge on any atom is -0.492 e. The molecule has 1 aromatic heterocycles. The molecule has 4 rings (SSSR count). The summed E-state index contributed by atoms with van der Waals surface area (Å²) in [7, 11) is 0. The van der Waals surface area contributed by atoms with Crippen molar-refractivity contribution in [3.05, 3.63) is 81.9 Å². The molecule has 0 atom stereocenters. The Hall–Kier alpha value is -2.19. The Morgan fingerprint density at radius 2 is 1.94 bits per heavy atom. The number of hydrogen-bond donors (Lipinski definition) is 0. The average Bonchev–Trinajstić information content (AvgIpc) is 3.32. The molecule has 31 heavy (non-hydrogen) atoms. The first-order valence-electron chi connectivity index (χ1n) is 9.52. The van der Waals surface area contributed by atoms with E-state index in [1.165, 1.54) is 16.7 Å². The van der Waals surface area contributed by atoms with Gasteiger partial charge in [-0.25, -0.2) is 0 Å². The number of ether oxygens (including phenoxy) is 1. The Bertz CT molecular complexity index is 1140. The van der Waals surface area contributed by atoms with Crippen LogP contribution >= 0.6 is 47.3 Å². The summed E-state index contributed by atoms with van der Waals surface area (Å²) in [4.78, 5) is 15.1. The number of carbonyl (C=O) groups excluding carboxylic acids is 1. The lowest BCUT2D eigenvalue weighted by atomic mass is 10.2. The maximum absolute atomic E-state index is 13.1. The second kappa shape index (κ2) is 9.96. The first kappa shape index (κ1) is 22.0. The predicted octanol–water partition coefficient (Wildman–Crippen LogP) is 7.03. The summed E-state index contributed by atoms with van der Waals surface area (Å²) >= 11 is 14.2. The zero-order chi connectivity index (χ0) is 21.8. The average molecular weight is 488 g/mol. The van der Waals surface area contributed by atoms with Gasteiger partial charge < -0.3 is 9.15 Å². The highest BCUT2D eigenvalue weighted by atomic mass is 35.5. The highest BCUT2D eigenvalue weighted by Gasteiger charge is 2.35. The molecular formula is C23H18ClNO3S3. The van der Waals surface area contributed by atoms with Gasteiger partial charge in [-0.05, 0) is 48.9 Å². The number of thioether (sulfide) groups is 2. The number of nitrogens with zero attached hydrogens (tertiary/aromatic N) is 1. The number of rotatable bonds is 7. The molecule has 1 saturated heterocycles. The van der Waals surface area contributed by atoms with Crippen LogP contribution in [0.4, 0.5) is 5.69 Å². The van der Waals surface area contributed by atoms with Crippen molar-refractivity contribution in [2.45, 2.75) is 17.8 Å². The topological polar surface area (TPSA) is 42.7 Å². The second-order valence-electron chi connectivity index (χ2n) is 6.49. The van der Waals surface area contributed by atoms with Crippen molar-refractivity contribution >= 4 is 69.3 Å². The van der Waals surface area contributed by atoms with Crippen LogP contribution in [0.2, 0.25) is 5.02 Å². The third-order valence-electron chi connectivity index (χ3n) is 4.37. The van der Waals surface area contributed by atoms with Gasteiger partial charge in [0, 0.05) is 16.9 Å². The highest BCUT2D eigenvalue weighted by Crippen LogP contribution is 2.40. The molecule has 0 aliphatic carbocycles. The van der Waals surface area contributed by atoms with Crippen molar-refractivity contribution in [3.63, 3.8) is 0 Å². The van der Waals surface area contributed by atoms with Crippen LogP contribution in [0, 0.1) is 0 Å². The van der Waals surface area contributed by atoms with Crippen LogP contribution in [0.3, 0.4) is 0 Å². The fraction of sp³-hybridized carbons (Fsp3) is 0.130. The van der Waals surface area contributed by atoms with Crippen LogP contribution in [0.15, 0.2) is 75.1 Å². The van der Waals surface area contributed by atoms with Gasteiger partial charge in [-0.3, -0.25) is 9.69 Å². The standard InChI is InChI=1S/C23H18ClNO3S3/c1-2-27-19-6-4-3-5-18(19)25-22(26)20(31-23(25)29)13-17-11-12-21(28-17)30-14-15-7-9-16(24)10-8-15/h3-13H,2,14H2,1H3. The number of para-hydroxylation sites is 2. The van der Waals surface area contributed by atoms with Gasteiger partial charge >= 0.3 is 0 Å². The molecule has 0 saturated carbocycles. The quantitative estimate of drug-likeness (QED) is 0.202. The monoisotopic (exact) mass is 487 g/mol. The summed E-state index contributed by atoms with van der Waals surface area (Å²) in [5.74, 6) is 1.81. The molecule has 2 heterocycles. The van der Waals surface area contributed by atoms with E-state index in [1.54, 1.807) is 17.8 Å². The van der Waals surface area contributed by atoms with Crippen LogP contribution in [-0.2, 0) is 10.5 Å². The Balaban J connectivity index is 1.48. The third kappa shape index (κ3) is 5.18. The van der Waals surface area contributed by atoms with Crippen LogP contribution in [0.25, 0.3) is 6.08 Å². The highest BCUT2D eigenvalue weighted by molar-refractivity contribution is 8.27. The SMILES string of the molecule is CCOc1ccccc1N1C(=O)C(=Cc2ccc(SCc3ccc(Cl)cc3)o2)SC1=S. The number of hydrogen-bond acceptors (Lipinski definition) is 6. The van der Waals surface area contributed by atoms with E-state index in [9.17, 15) is 4.79 Å². The molecule has 8 heteroatoms. The fourth-order valence-electron chi connectivity index (χ4n) is 2.95. The Kier molecular flexibility index (Phi) is 7.07. The smallest absolute Gasteiger partial charge is 0.271 e. The Morgan fingerprint density at radius 3 is 2.71 bits per heavy atom. The maximum Gasteiger partial charge on any atom is 0.271 e. The summed E-state index contributed by atoms with van der Waals surface area (Å²) in [6.45, 7) is 2.41. The van der Waals surface area contributed by atoms with Crippen LogP contribution in [0.5, 0.6) is 5.75 Å². The number of thiocarbonyl (C=S) groups is 1. The van der Waals surface area contributed by atoms with Gasteiger partial charge in [-0.1, -0.05) is 71.6 Å². The van der Waals surface area contributed by atoms with Crippen LogP contribution in [0.1, 0.15) is 18.2 Å². The van der Waals surface area contributed by atoms with Gasteiger partial charge in [0.2, 0.25) is 0 Å². The molecule has 1 aliphatic rings. The van der Waals surface area contributed by atoms with Crippen LogP contribution in [-0.4, -0.2) is 16.8 Å². The molecule has 0 spiro atoms. The molecule has 158 valence electrons. The van der Waals surface area contributed by atoms with E-state index in [4.69, 9.17) is 33.0 Å². The van der Waals surface area contributed by atoms with Crippen molar-refractivity contribution in [1.29, 1.82) is 0 Å². The fourth-order valence-corrected chi connectivity index (χ4v) is 5.16. The van der Waals surface area contributed by atoms with Crippen molar-refractivity contribution in [1.82, 2.24) is 0 Å². The van der Waals surface area contributed by atoms with Crippen molar-refractivity contribution in [2.75, 3.05) is 11.5 Å². The first-order valence-corrected chi connectivity index (χ1v) is 12.1. The van der Waals surface area contributed by atoms with E-state index in [0.717, 1.165) is 21.4 Å². The molecule has 0 N–H and O–H groups in total. The van der Waals surface area contributed by atoms with Crippen molar-refractivity contribution in [3.8, 4) is 5.75 Å². The van der Waals surface area contributed by atoms with Gasteiger partial charge in [-0.15, -0.1) is 0 Å². The van der Waals surface area contributed by atoms with Crippen molar-refractivity contribution < 1.29 is 13.9 Å². The summed E-state index contributed by atoms with van der Waals surface area (Å²) in [6.07, 6.45) is 1.73. The summed E-state index contributed by atoms with van der Waals surface area (Å²) in [5, 5.41) is 1.49. The van der Waals surface area contributed by atoms with Crippen molar-refractivity contribution in [2.24, 2.45) is 0 Å². The molecule has 1 amide bonds. The second-order valence-corrected chi connectivity index (χ2v) is 9.58. The lowest BCUT2D eigenvalue weighted by molar-refractivity contribution is -0.113. The molecule has 0 radical (unpaired) electrons. The lowest BCUT2D eigenvalue weighted by Crippen LogP contribution is -2.28. The number of anilines is 1. The number of halogens is 1. The summed E-state index contributed by atoms with van der Waals surface area (Å²) in [6, 6.07) is 18.9. The molecule has 4 nitrogen and oxygen atoms in total. The number of benzene rings is 2. The lowest BCUT2D eigenvalue weighted by Gasteiger charge is -2.18. The largest absolute Gasteiger partial charge is 0.492 e. The van der Waals surface area contributed by atoms with Gasteiger partial charge in [-0.2, -0.15) is 0 Å².